The Balaban J connectivity index is 2.02. The predicted molar refractivity (Wildman–Crippen MR) is 81.6 cm³/mol. The van der Waals surface area contributed by atoms with Gasteiger partial charge < -0.3 is 0 Å². The summed E-state index contributed by atoms with van der Waals surface area (Å²) in [6, 6.07) is 8.72. The molecule has 0 heterocycles. The zero-order valence-corrected chi connectivity index (χ0v) is 12.3. The molecular formula is C17H17Br. The monoisotopic (exact) mass is 300 g/mol. The Morgan fingerprint density at radius 2 is 1.89 bits per heavy atom. The fraction of sp³-hybridized carbons (Fsp3) is 0.294. The van der Waals surface area contributed by atoms with E-state index >= 15 is 0 Å². The third-order valence-corrected chi connectivity index (χ3v) is 4.62. The summed E-state index contributed by atoms with van der Waals surface area (Å²) in [4.78, 5) is 0. The van der Waals surface area contributed by atoms with Gasteiger partial charge >= 0.3 is 0 Å². The molecule has 3 rings (SSSR count). The summed E-state index contributed by atoms with van der Waals surface area (Å²) in [7, 11) is 0. The Morgan fingerprint density at radius 3 is 2.72 bits per heavy atom. The molecule has 0 nitrogen and oxygen atoms in total. The maximum absolute atomic E-state index is 3.62. The molecule has 18 heavy (non-hydrogen) atoms. The first-order valence-electron chi connectivity index (χ1n) is 6.42. The summed E-state index contributed by atoms with van der Waals surface area (Å²) in [5.74, 6) is 1.01. The molecule has 2 aliphatic carbocycles. The lowest BCUT2D eigenvalue weighted by molar-refractivity contribution is 0.315. The molecule has 92 valence electrons. The fourth-order valence-corrected chi connectivity index (χ4v) is 3.42. The molecule has 0 amide bonds. The van der Waals surface area contributed by atoms with Crippen LogP contribution in [0.5, 0.6) is 0 Å². The van der Waals surface area contributed by atoms with Gasteiger partial charge in [-0.15, -0.1) is 0 Å². The molecule has 0 fully saturated rings. The zero-order valence-electron chi connectivity index (χ0n) is 10.7. The Morgan fingerprint density at radius 1 is 1.11 bits per heavy atom. The van der Waals surface area contributed by atoms with Gasteiger partial charge in [0.05, 0.1) is 0 Å². The van der Waals surface area contributed by atoms with Crippen molar-refractivity contribution in [3.8, 4) is 0 Å². The summed E-state index contributed by atoms with van der Waals surface area (Å²) < 4.78 is 1.20. The van der Waals surface area contributed by atoms with E-state index in [4.69, 9.17) is 0 Å². The molecule has 0 bridgehead atoms. The van der Waals surface area contributed by atoms with Crippen LogP contribution in [0, 0.1) is 11.3 Å². The molecule has 0 N–H and O–H groups in total. The van der Waals surface area contributed by atoms with Gasteiger partial charge in [0.25, 0.3) is 0 Å². The molecule has 1 aromatic carbocycles. The lowest BCUT2D eigenvalue weighted by atomic mass is 9.68. The van der Waals surface area contributed by atoms with E-state index in [1.807, 2.05) is 0 Å². The first-order valence-corrected chi connectivity index (χ1v) is 7.21. The van der Waals surface area contributed by atoms with Crippen LogP contribution >= 0.6 is 15.9 Å². The molecular weight excluding hydrogens is 284 g/mol. The van der Waals surface area contributed by atoms with E-state index in [9.17, 15) is 0 Å². The van der Waals surface area contributed by atoms with Crippen LogP contribution in [-0.4, -0.2) is 0 Å². The standard InChI is InChI=1S/C17H17Br/c1-17(2)10-9-13(18)11-16(17)15-8-7-12-5-3-4-6-14(12)15/h3-11,15-16H,1-2H3. The van der Waals surface area contributed by atoms with Crippen molar-refractivity contribution in [3.05, 3.63) is 64.2 Å². The Kier molecular flexibility index (Phi) is 2.82. The van der Waals surface area contributed by atoms with Gasteiger partial charge in [0.2, 0.25) is 0 Å². The van der Waals surface area contributed by atoms with Crippen molar-refractivity contribution < 1.29 is 0 Å². The van der Waals surface area contributed by atoms with E-state index in [1.54, 1.807) is 0 Å². The smallest absolute Gasteiger partial charge is 0.0135 e. The van der Waals surface area contributed by atoms with Crippen LogP contribution in [0.25, 0.3) is 6.08 Å². The molecule has 2 unspecified atom stereocenters. The minimum atomic E-state index is 0.198. The third-order valence-electron chi connectivity index (χ3n) is 4.10. The van der Waals surface area contributed by atoms with E-state index in [-0.39, 0.29) is 5.41 Å². The maximum atomic E-state index is 3.62. The van der Waals surface area contributed by atoms with Crippen molar-refractivity contribution in [2.24, 2.45) is 11.3 Å². The first kappa shape index (κ1) is 12.0. The molecule has 0 radical (unpaired) electrons. The number of halogens is 1. The minimum absolute atomic E-state index is 0.198. The second-order valence-electron chi connectivity index (χ2n) is 5.75. The van der Waals surface area contributed by atoms with E-state index < -0.39 is 0 Å². The molecule has 0 saturated carbocycles. The molecule has 1 heteroatoms. The highest BCUT2D eigenvalue weighted by Crippen LogP contribution is 2.47. The van der Waals surface area contributed by atoms with Crippen molar-refractivity contribution in [1.82, 2.24) is 0 Å². The van der Waals surface area contributed by atoms with Gasteiger partial charge in [-0.05, 0) is 22.5 Å². The normalized spacial score (nSPS) is 28.1. The summed E-state index contributed by atoms with van der Waals surface area (Å²) in [6.45, 7) is 4.64. The predicted octanol–water partition coefficient (Wildman–Crippen LogP) is 5.29. The van der Waals surface area contributed by atoms with Gasteiger partial charge in [-0.1, -0.05) is 84.4 Å². The van der Waals surface area contributed by atoms with Gasteiger partial charge in [-0.2, -0.15) is 0 Å². The van der Waals surface area contributed by atoms with Crippen molar-refractivity contribution >= 4 is 22.0 Å². The average molecular weight is 301 g/mol. The van der Waals surface area contributed by atoms with Crippen molar-refractivity contribution in [3.63, 3.8) is 0 Å². The van der Waals surface area contributed by atoms with Crippen molar-refractivity contribution in [2.75, 3.05) is 0 Å². The quantitative estimate of drug-likeness (QED) is 0.661. The van der Waals surface area contributed by atoms with Gasteiger partial charge in [-0.25, -0.2) is 0 Å². The van der Waals surface area contributed by atoms with E-state index in [1.165, 1.54) is 15.6 Å². The summed E-state index contributed by atoms with van der Waals surface area (Å²) in [5, 5.41) is 0. The zero-order chi connectivity index (χ0) is 12.8. The Hall–Kier alpha value is -1.08. The Bertz CT molecular complexity index is 561. The number of hydrogen-bond donors (Lipinski definition) is 0. The van der Waals surface area contributed by atoms with Crippen LogP contribution in [0.2, 0.25) is 0 Å². The van der Waals surface area contributed by atoms with Gasteiger partial charge in [-0.3, -0.25) is 0 Å². The highest BCUT2D eigenvalue weighted by Gasteiger charge is 2.35. The van der Waals surface area contributed by atoms with E-state index in [2.05, 4.69) is 84.4 Å². The van der Waals surface area contributed by atoms with Crippen LogP contribution in [0.15, 0.2) is 53.1 Å². The van der Waals surface area contributed by atoms with E-state index in [0.717, 1.165) is 0 Å². The summed E-state index contributed by atoms with van der Waals surface area (Å²) in [6.07, 6.45) is 11.5. The van der Waals surface area contributed by atoms with Crippen LogP contribution in [0.4, 0.5) is 0 Å². The molecule has 0 aliphatic heterocycles. The number of benzene rings is 1. The second kappa shape index (κ2) is 4.24. The lowest BCUT2D eigenvalue weighted by Gasteiger charge is -2.36. The number of fused-ring (bicyclic) bond motifs is 1. The molecule has 2 atom stereocenters. The first-order chi connectivity index (χ1) is 8.58. The lowest BCUT2D eigenvalue weighted by Crippen LogP contribution is -2.27. The van der Waals surface area contributed by atoms with E-state index in [0.29, 0.717) is 11.8 Å². The van der Waals surface area contributed by atoms with Crippen LogP contribution in [0.3, 0.4) is 0 Å². The highest BCUT2D eigenvalue weighted by atomic mass is 79.9. The maximum Gasteiger partial charge on any atom is 0.0135 e. The number of rotatable bonds is 1. The third kappa shape index (κ3) is 1.91. The molecule has 0 spiro atoms. The van der Waals surface area contributed by atoms with Crippen molar-refractivity contribution in [2.45, 2.75) is 19.8 Å². The SMILES string of the molecule is CC1(C)C=CC(Br)=CC1C1C=Cc2ccccc21. The average Bonchev–Trinajstić information content (AvgIpc) is 2.76. The van der Waals surface area contributed by atoms with Gasteiger partial charge in [0.1, 0.15) is 0 Å². The van der Waals surface area contributed by atoms with Gasteiger partial charge in [0, 0.05) is 10.4 Å². The molecule has 2 aliphatic rings. The minimum Gasteiger partial charge on any atom is -0.0771 e. The largest absolute Gasteiger partial charge is 0.0771 e. The van der Waals surface area contributed by atoms with Crippen LogP contribution in [-0.2, 0) is 0 Å². The molecule has 0 saturated heterocycles. The van der Waals surface area contributed by atoms with Gasteiger partial charge in [0.15, 0.2) is 0 Å². The second-order valence-corrected chi connectivity index (χ2v) is 6.66. The van der Waals surface area contributed by atoms with Crippen molar-refractivity contribution in [1.29, 1.82) is 0 Å². The number of allylic oxidation sites excluding steroid dienone is 5. The highest BCUT2D eigenvalue weighted by molar-refractivity contribution is 9.11. The van der Waals surface area contributed by atoms with Crippen LogP contribution < -0.4 is 0 Å². The van der Waals surface area contributed by atoms with Crippen LogP contribution in [0.1, 0.15) is 30.9 Å². The summed E-state index contributed by atoms with van der Waals surface area (Å²) in [5.41, 5.74) is 3.03. The summed E-state index contributed by atoms with van der Waals surface area (Å²) >= 11 is 3.62. The Labute approximate surface area is 117 Å². The fourth-order valence-electron chi connectivity index (χ4n) is 3.00. The molecule has 1 aromatic rings. The topological polar surface area (TPSA) is 0 Å². The number of hydrogen-bond acceptors (Lipinski definition) is 0. The molecule has 0 aromatic heterocycles.